The molecule has 94 valence electrons. The minimum Gasteiger partial charge on any atom is -0.353 e. The van der Waals surface area contributed by atoms with Gasteiger partial charge in [-0.2, -0.15) is 9.97 Å². The van der Waals surface area contributed by atoms with Gasteiger partial charge in [0, 0.05) is 12.1 Å². The number of aromatic amines is 1. The molecule has 0 radical (unpaired) electrons. The lowest BCUT2D eigenvalue weighted by Crippen LogP contribution is -2.23. The van der Waals surface area contributed by atoms with Crippen LogP contribution in [0.2, 0.25) is 0 Å². The van der Waals surface area contributed by atoms with Gasteiger partial charge in [0.2, 0.25) is 16.7 Å². The maximum absolute atomic E-state index is 5.06. The Balaban J connectivity index is 2.10. The van der Waals surface area contributed by atoms with E-state index in [0.29, 0.717) is 34.7 Å². The van der Waals surface area contributed by atoms with Crippen LogP contribution in [0.1, 0.15) is 33.6 Å². The van der Waals surface area contributed by atoms with E-state index in [1.54, 1.807) is 0 Å². The molecule has 0 bridgehead atoms. The third-order valence-corrected chi connectivity index (χ3v) is 3.12. The topological polar surface area (TPSA) is 65.6 Å². The Morgan fingerprint density at radius 1 is 1.24 bits per heavy atom. The number of aromatic nitrogens is 3. The molecule has 1 aliphatic carbocycles. The highest BCUT2D eigenvalue weighted by atomic mass is 32.1. The van der Waals surface area contributed by atoms with E-state index >= 15 is 0 Å². The van der Waals surface area contributed by atoms with Gasteiger partial charge >= 0.3 is 0 Å². The van der Waals surface area contributed by atoms with Gasteiger partial charge in [-0.25, -0.2) is 0 Å². The van der Waals surface area contributed by atoms with Crippen molar-refractivity contribution in [2.45, 2.75) is 45.7 Å². The van der Waals surface area contributed by atoms with Crippen molar-refractivity contribution in [3.63, 3.8) is 0 Å². The summed E-state index contributed by atoms with van der Waals surface area (Å²) >= 11 is 5.06. The highest BCUT2D eigenvalue weighted by Crippen LogP contribution is 2.23. The predicted octanol–water partition coefficient (Wildman–Crippen LogP) is 2.56. The van der Waals surface area contributed by atoms with E-state index in [-0.39, 0.29) is 0 Å². The van der Waals surface area contributed by atoms with E-state index in [9.17, 15) is 0 Å². The van der Waals surface area contributed by atoms with Crippen molar-refractivity contribution in [3.8, 4) is 0 Å². The van der Waals surface area contributed by atoms with Crippen LogP contribution in [0.5, 0.6) is 0 Å². The molecule has 1 aromatic rings. The maximum atomic E-state index is 5.06. The third-order valence-electron chi connectivity index (χ3n) is 2.93. The lowest BCUT2D eigenvalue weighted by Gasteiger charge is -2.18. The summed E-state index contributed by atoms with van der Waals surface area (Å²) in [6, 6.07) is 0.884. The van der Waals surface area contributed by atoms with Gasteiger partial charge in [0.1, 0.15) is 0 Å². The molecule has 0 spiro atoms. The summed E-state index contributed by atoms with van der Waals surface area (Å²) in [6.07, 6.45) is 2.41. The van der Waals surface area contributed by atoms with Crippen molar-refractivity contribution in [3.05, 3.63) is 4.77 Å². The van der Waals surface area contributed by atoms with Crippen LogP contribution in [0.15, 0.2) is 0 Å². The van der Waals surface area contributed by atoms with Gasteiger partial charge < -0.3 is 10.6 Å². The molecule has 1 atom stereocenters. The number of anilines is 2. The Labute approximate surface area is 106 Å². The van der Waals surface area contributed by atoms with Crippen molar-refractivity contribution < 1.29 is 0 Å². The number of nitrogens with zero attached hydrogens (tertiary/aromatic N) is 2. The molecular formula is C11H19N5S. The predicted molar refractivity (Wildman–Crippen MR) is 71.8 cm³/mol. The van der Waals surface area contributed by atoms with E-state index < -0.39 is 0 Å². The minimum atomic E-state index is 0.337. The van der Waals surface area contributed by atoms with Crippen LogP contribution in [0.25, 0.3) is 0 Å². The Hall–Kier alpha value is -1.17. The first-order valence-corrected chi connectivity index (χ1v) is 6.47. The fourth-order valence-electron chi connectivity index (χ4n) is 1.32. The number of H-pyrrole nitrogens is 1. The standard InChI is InChI=1S/C11H19N5S/c1-6(2)7(3)12-9-14-10(13-8-4-5-8)16-11(17)15-9/h6-8H,4-5H2,1-3H3,(H3,12,13,14,15,16,17). The molecule has 0 saturated heterocycles. The molecular weight excluding hydrogens is 234 g/mol. The van der Waals surface area contributed by atoms with E-state index in [2.05, 4.69) is 46.4 Å². The van der Waals surface area contributed by atoms with Crippen LogP contribution in [-0.4, -0.2) is 27.0 Å². The third kappa shape index (κ3) is 3.66. The van der Waals surface area contributed by atoms with Gasteiger partial charge in [0.15, 0.2) is 0 Å². The average molecular weight is 253 g/mol. The zero-order chi connectivity index (χ0) is 12.4. The molecule has 17 heavy (non-hydrogen) atoms. The quantitative estimate of drug-likeness (QED) is 0.704. The van der Waals surface area contributed by atoms with Gasteiger partial charge in [-0.3, -0.25) is 4.98 Å². The van der Waals surface area contributed by atoms with Crippen molar-refractivity contribution in [2.24, 2.45) is 5.92 Å². The molecule has 0 aliphatic heterocycles. The molecule has 1 saturated carbocycles. The van der Waals surface area contributed by atoms with Gasteiger partial charge in [0.05, 0.1) is 0 Å². The fraction of sp³-hybridized carbons (Fsp3) is 0.727. The highest BCUT2D eigenvalue weighted by molar-refractivity contribution is 7.71. The van der Waals surface area contributed by atoms with E-state index in [1.807, 2.05) is 0 Å². The molecule has 1 heterocycles. The second-order valence-electron chi connectivity index (χ2n) is 4.92. The lowest BCUT2D eigenvalue weighted by atomic mass is 10.1. The van der Waals surface area contributed by atoms with Crippen LogP contribution in [0.3, 0.4) is 0 Å². The van der Waals surface area contributed by atoms with Gasteiger partial charge in [-0.1, -0.05) is 13.8 Å². The number of rotatable bonds is 5. The van der Waals surface area contributed by atoms with Crippen molar-refractivity contribution >= 4 is 24.1 Å². The van der Waals surface area contributed by atoms with Crippen LogP contribution in [0.4, 0.5) is 11.9 Å². The fourth-order valence-corrected chi connectivity index (χ4v) is 1.51. The molecule has 0 amide bonds. The molecule has 3 N–H and O–H groups in total. The summed E-state index contributed by atoms with van der Waals surface area (Å²) in [4.78, 5) is 11.5. The van der Waals surface area contributed by atoms with E-state index in [4.69, 9.17) is 12.2 Å². The Kier molecular flexibility index (Phi) is 3.61. The van der Waals surface area contributed by atoms with Crippen LogP contribution in [0, 0.1) is 10.7 Å². The van der Waals surface area contributed by atoms with E-state index in [1.165, 1.54) is 12.8 Å². The first-order valence-electron chi connectivity index (χ1n) is 6.06. The largest absolute Gasteiger partial charge is 0.353 e. The normalized spacial score (nSPS) is 16.9. The maximum Gasteiger partial charge on any atom is 0.225 e. The molecule has 1 unspecified atom stereocenters. The van der Waals surface area contributed by atoms with Crippen molar-refractivity contribution in [2.75, 3.05) is 10.6 Å². The summed E-state index contributed by atoms with van der Waals surface area (Å²) in [6.45, 7) is 6.45. The van der Waals surface area contributed by atoms with Crippen LogP contribution in [-0.2, 0) is 0 Å². The molecule has 6 heteroatoms. The summed E-state index contributed by atoms with van der Waals surface area (Å²) in [7, 11) is 0. The molecule has 5 nitrogen and oxygen atoms in total. The second kappa shape index (κ2) is 5.00. The summed E-state index contributed by atoms with van der Waals surface area (Å²) in [5.74, 6) is 1.94. The first-order chi connectivity index (χ1) is 8.04. The van der Waals surface area contributed by atoms with Crippen molar-refractivity contribution in [1.82, 2.24) is 15.0 Å². The van der Waals surface area contributed by atoms with E-state index in [0.717, 1.165) is 0 Å². The van der Waals surface area contributed by atoms with Crippen molar-refractivity contribution in [1.29, 1.82) is 0 Å². The molecule has 1 aromatic heterocycles. The Morgan fingerprint density at radius 2 is 1.88 bits per heavy atom. The minimum absolute atomic E-state index is 0.337. The smallest absolute Gasteiger partial charge is 0.225 e. The zero-order valence-corrected chi connectivity index (χ0v) is 11.3. The first kappa shape index (κ1) is 12.3. The lowest BCUT2D eigenvalue weighted by molar-refractivity contribution is 0.556. The second-order valence-corrected chi connectivity index (χ2v) is 5.29. The monoisotopic (exact) mass is 253 g/mol. The molecule has 0 aromatic carbocycles. The SMILES string of the molecule is CC(C)C(C)Nc1nc(=S)nc(NC2CC2)[nH]1. The van der Waals surface area contributed by atoms with Gasteiger partial charge in [-0.15, -0.1) is 0 Å². The zero-order valence-electron chi connectivity index (χ0n) is 10.4. The van der Waals surface area contributed by atoms with Crippen LogP contribution < -0.4 is 10.6 Å². The average Bonchev–Trinajstić information content (AvgIpc) is 3.00. The van der Waals surface area contributed by atoms with Crippen LogP contribution >= 0.6 is 12.2 Å². The number of nitrogens with one attached hydrogen (secondary N) is 3. The van der Waals surface area contributed by atoms with Gasteiger partial charge in [-0.05, 0) is 37.9 Å². The molecule has 2 rings (SSSR count). The Bertz CT molecular complexity index is 438. The number of hydrogen-bond donors (Lipinski definition) is 3. The summed E-state index contributed by atoms with van der Waals surface area (Å²) < 4.78 is 0.366. The molecule has 1 fully saturated rings. The Morgan fingerprint density at radius 3 is 2.47 bits per heavy atom. The van der Waals surface area contributed by atoms with Gasteiger partial charge in [0.25, 0.3) is 0 Å². The summed E-state index contributed by atoms with van der Waals surface area (Å²) in [5, 5.41) is 6.59. The summed E-state index contributed by atoms with van der Waals surface area (Å²) in [5.41, 5.74) is 0. The highest BCUT2D eigenvalue weighted by Gasteiger charge is 2.21. The number of hydrogen-bond acceptors (Lipinski definition) is 5. The molecule has 1 aliphatic rings.